The van der Waals surface area contributed by atoms with E-state index in [4.69, 9.17) is 4.74 Å². The first-order valence-corrected chi connectivity index (χ1v) is 8.15. The van der Waals surface area contributed by atoms with Crippen molar-refractivity contribution in [3.05, 3.63) is 0 Å². The molecule has 0 atom stereocenters. The molecule has 0 N–H and O–H groups in total. The lowest BCUT2D eigenvalue weighted by Crippen LogP contribution is -2.31. The molecule has 0 radical (unpaired) electrons. The van der Waals surface area contributed by atoms with Crippen LogP contribution in [-0.4, -0.2) is 19.0 Å². The van der Waals surface area contributed by atoms with Gasteiger partial charge in [-0.25, -0.2) is 0 Å². The van der Waals surface area contributed by atoms with Crippen LogP contribution < -0.4 is 0 Å². The van der Waals surface area contributed by atoms with E-state index in [1.54, 1.807) is 0 Å². The summed E-state index contributed by atoms with van der Waals surface area (Å²) in [6, 6.07) is 0. The quantitative estimate of drug-likeness (QED) is 0.459. The molecule has 0 amide bonds. The fourth-order valence-corrected chi connectivity index (χ4v) is 3.15. The third kappa shape index (κ3) is 6.15. The monoisotopic (exact) mass is 258 g/mol. The topological polar surface area (TPSA) is 9.23 Å². The average Bonchev–Trinajstić information content (AvgIpc) is 2.39. The van der Waals surface area contributed by atoms with E-state index in [0.717, 1.165) is 19.0 Å². The van der Waals surface area contributed by atoms with Gasteiger partial charge in [0.1, 0.15) is 0 Å². The van der Waals surface area contributed by atoms with Gasteiger partial charge in [-0.15, -0.1) is 0 Å². The highest BCUT2D eigenvalue weighted by atomic mass is 32.1. The predicted molar refractivity (Wildman–Crippen MR) is 78.9 cm³/mol. The molecule has 0 saturated heterocycles. The number of rotatable bonds is 9. The molecule has 102 valence electrons. The molecule has 1 saturated carbocycles. The zero-order chi connectivity index (χ0) is 12.4. The Balaban J connectivity index is 2.03. The summed E-state index contributed by atoms with van der Waals surface area (Å²) in [6.45, 7) is 4.17. The van der Waals surface area contributed by atoms with Crippen LogP contribution in [0.3, 0.4) is 0 Å². The van der Waals surface area contributed by atoms with Gasteiger partial charge in [-0.2, -0.15) is 12.6 Å². The van der Waals surface area contributed by atoms with Gasteiger partial charge < -0.3 is 4.74 Å². The van der Waals surface area contributed by atoms with Crippen LogP contribution in [0, 0.1) is 5.41 Å². The maximum Gasteiger partial charge on any atom is 0.0530 e. The fourth-order valence-electron chi connectivity index (χ4n) is 2.75. The van der Waals surface area contributed by atoms with Crippen LogP contribution in [-0.2, 0) is 4.74 Å². The van der Waals surface area contributed by atoms with E-state index in [9.17, 15) is 0 Å². The van der Waals surface area contributed by atoms with Crippen molar-refractivity contribution >= 4 is 12.6 Å². The fraction of sp³-hybridized carbons (Fsp3) is 1.00. The van der Waals surface area contributed by atoms with Crippen LogP contribution in [0.2, 0.25) is 0 Å². The van der Waals surface area contributed by atoms with Gasteiger partial charge in [-0.1, -0.05) is 51.9 Å². The minimum atomic E-state index is 0.408. The van der Waals surface area contributed by atoms with Crippen molar-refractivity contribution in [3.63, 3.8) is 0 Å². The Bertz CT molecular complexity index is 176. The van der Waals surface area contributed by atoms with Crippen LogP contribution in [0.4, 0.5) is 0 Å². The number of ether oxygens (including phenoxy) is 1. The molecule has 1 fully saturated rings. The highest BCUT2D eigenvalue weighted by Crippen LogP contribution is 2.37. The van der Waals surface area contributed by atoms with Crippen LogP contribution in [0.1, 0.15) is 71.1 Å². The van der Waals surface area contributed by atoms with E-state index in [1.165, 1.54) is 64.2 Å². The highest BCUT2D eigenvalue weighted by Gasteiger charge is 2.30. The van der Waals surface area contributed by atoms with Crippen molar-refractivity contribution in [2.24, 2.45) is 5.41 Å². The van der Waals surface area contributed by atoms with E-state index < -0.39 is 0 Å². The van der Waals surface area contributed by atoms with E-state index in [0.29, 0.717) is 5.41 Å². The number of unbranched alkanes of at least 4 members (excludes halogenated alkanes) is 4. The van der Waals surface area contributed by atoms with Gasteiger partial charge in [-0.05, 0) is 25.0 Å². The van der Waals surface area contributed by atoms with E-state index >= 15 is 0 Å². The van der Waals surface area contributed by atoms with Crippen LogP contribution in [0.25, 0.3) is 0 Å². The second-order valence-electron chi connectivity index (χ2n) is 5.69. The smallest absolute Gasteiger partial charge is 0.0530 e. The van der Waals surface area contributed by atoms with Crippen molar-refractivity contribution in [2.75, 3.05) is 19.0 Å². The lowest BCUT2D eigenvalue weighted by molar-refractivity contribution is 0.0326. The molecular formula is C15H30OS. The molecule has 0 unspecified atom stereocenters. The molecule has 0 aliphatic heterocycles. The Morgan fingerprint density at radius 3 is 2.35 bits per heavy atom. The first-order valence-electron chi connectivity index (χ1n) is 7.51. The SMILES string of the molecule is CCCCCCCOCC1(CS)CCCCC1. The first-order chi connectivity index (χ1) is 8.33. The van der Waals surface area contributed by atoms with E-state index in [1.807, 2.05) is 0 Å². The molecule has 1 nitrogen and oxygen atoms in total. The molecule has 0 aromatic rings. The average molecular weight is 258 g/mol. The molecule has 0 spiro atoms. The zero-order valence-corrected chi connectivity index (χ0v) is 12.4. The Morgan fingerprint density at radius 1 is 1.00 bits per heavy atom. The Labute approximate surface area is 113 Å². The van der Waals surface area contributed by atoms with Crippen molar-refractivity contribution in [1.82, 2.24) is 0 Å². The summed E-state index contributed by atoms with van der Waals surface area (Å²) in [5, 5.41) is 0. The van der Waals surface area contributed by atoms with Crippen molar-refractivity contribution in [2.45, 2.75) is 71.1 Å². The Kier molecular flexibility index (Phi) is 8.38. The predicted octanol–water partition coefficient (Wildman–Crippen LogP) is 4.85. The minimum Gasteiger partial charge on any atom is -0.381 e. The highest BCUT2D eigenvalue weighted by molar-refractivity contribution is 7.80. The number of hydrogen-bond donors (Lipinski definition) is 1. The third-order valence-corrected chi connectivity index (χ3v) is 4.72. The summed E-state index contributed by atoms with van der Waals surface area (Å²) in [5.41, 5.74) is 0.408. The Hall–Kier alpha value is 0.310. The summed E-state index contributed by atoms with van der Waals surface area (Å²) in [4.78, 5) is 0. The second kappa shape index (κ2) is 9.27. The van der Waals surface area contributed by atoms with Gasteiger partial charge in [-0.3, -0.25) is 0 Å². The number of thiol groups is 1. The van der Waals surface area contributed by atoms with Crippen molar-refractivity contribution in [3.8, 4) is 0 Å². The van der Waals surface area contributed by atoms with Crippen LogP contribution in [0.5, 0.6) is 0 Å². The molecule has 0 aromatic heterocycles. The maximum absolute atomic E-state index is 5.90. The van der Waals surface area contributed by atoms with Crippen LogP contribution >= 0.6 is 12.6 Å². The summed E-state index contributed by atoms with van der Waals surface area (Å²) in [5.74, 6) is 1.00. The van der Waals surface area contributed by atoms with Gasteiger partial charge in [0.2, 0.25) is 0 Å². The molecule has 2 heteroatoms. The summed E-state index contributed by atoms with van der Waals surface area (Å²) < 4.78 is 5.90. The molecule has 0 aromatic carbocycles. The summed E-state index contributed by atoms with van der Waals surface area (Å²) in [6.07, 6.45) is 13.5. The summed E-state index contributed by atoms with van der Waals surface area (Å²) >= 11 is 4.54. The van der Waals surface area contributed by atoms with E-state index in [2.05, 4.69) is 19.6 Å². The molecule has 1 aliphatic carbocycles. The largest absolute Gasteiger partial charge is 0.381 e. The molecular weight excluding hydrogens is 228 g/mol. The second-order valence-corrected chi connectivity index (χ2v) is 6.00. The standard InChI is InChI=1S/C15H30OS/c1-2-3-4-5-9-12-16-13-15(14-17)10-7-6-8-11-15/h17H,2-14H2,1H3. The Morgan fingerprint density at radius 2 is 1.71 bits per heavy atom. The maximum atomic E-state index is 5.90. The van der Waals surface area contributed by atoms with Crippen molar-refractivity contribution < 1.29 is 4.74 Å². The molecule has 1 aliphatic rings. The van der Waals surface area contributed by atoms with Crippen molar-refractivity contribution in [1.29, 1.82) is 0 Å². The lowest BCUT2D eigenvalue weighted by Gasteiger charge is -2.35. The molecule has 0 heterocycles. The lowest BCUT2D eigenvalue weighted by atomic mass is 9.76. The molecule has 1 rings (SSSR count). The minimum absolute atomic E-state index is 0.408. The van der Waals surface area contributed by atoms with Gasteiger partial charge in [0, 0.05) is 12.0 Å². The van der Waals surface area contributed by atoms with Gasteiger partial charge in [0.25, 0.3) is 0 Å². The van der Waals surface area contributed by atoms with E-state index in [-0.39, 0.29) is 0 Å². The molecule has 0 bridgehead atoms. The normalized spacial score (nSPS) is 19.4. The summed E-state index contributed by atoms with van der Waals surface area (Å²) in [7, 11) is 0. The zero-order valence-electron chi connectivity index (χ0n) is 11.5. The first kappa shape index (κ1) is 15.4. The number of hydrogen-bond acceptors (Lipinski definition) is 2. The molecule has 17 heavy (non-hydrogen) atoms. The van der Waals surface area contributed by atoms with Gasteiger partial charge in [0.15, 0.2) is 0 Å². The van der Waals surface area contributed by atoms with Crippen LogP contribution in [0.15, 0.2) is 0 Å². The van der Waals surface area contributed by atoms with Gasteiger partial charge in [0.05, 0.1) is 6.61 Å². The third-order valence-electron chi connectivity index (χ3n) is 4.05. The van der Waals surface area contributed by atoms with Gasteiger partial charge >= 0.3 is 0 Å².